The molecule has 1 aliphatic heterocycles. The van der Waals surface area contributed by atoms with Crippen molar-refractivity contribution in [3.63, 3.8) is 0 Å². The van der Waals surface area contributed by atoms with Crippen molar-refractivity contribution in [3.05, 3.63) is 93.8 Å². The highest BCUT2D eigenvalue weighted by molar-refractivity contribution is 6.14. The molecule has 2 heterocycles. The van der Waals surface area contributed by atoms with Crippen molar-refractivity contribution in [1.29, 1.82) is 0 Å². The third kappa shape index (κ3) is 6.14. The number of nitrogens with zero attached hydrogens (tertiary/aromatic N) is 4. The Morgan fingerprint density at radius 1 is 0.879 bits per heavy atom. The molecule has 0 unspecified atom stereocenters. The number of likely N-dealkylation sites (tertiary alicyclic amines) is 1. The van der Waals surface area contributed by atoms with Crippen LogP contribution in [-0.2, 0) is 17.9 Å². The number of rotatable bonds is 7. The minimum Gasteiger partial charge on any atom is -0.289 e. The fourth-order valence-electron chi connectivity index (χ4n) is 4.02. The Morgan fingerprint density at radius 3 is 1.94 bits per heavy atom. The van der Waals surface area contributed by atoms with Crippen LogP contribution in [0.3, 0.4) is 0 Å². The van der Waals surface area contributed by atoms with Gasteiger partial charge >= 0.3 is 0 Å². The summed E-state index contributed by atoms with van der Waals surface area (Å²) in [6.07, 6.45) is 8.29. The number of Topliss-reactive ketones (excluding diaryl/α,β-unsaturated/α-hetero) is 1. The molecule has 1 fully saturated rings. The zero-order valence-corrected chi connectivity index (χ0v) is 19.8. The highest BCUT2D eigenvalue weighted by atomic mass is 16.1. The summed E-state index contributed by atoms with van der Waals surface area (Å²) in [4.78, 5) is 15.7. The molecule has 3 aromatic rings. The first-order valence-corrected chi connectivity index (χ1v) is 11.7. The molecule has 0 aliphatic carbocycles. The molecule has 0 saturated carbocycles. The quantitative estimate of drug-likeness (QED) is 0.471. The van der Waals surface area contributed by atoms with E-state index in [1.165, 1.54) is 11.1 Å². The zero-order valence-electron chi connectivity index (χ0n) is 19.8. The molecule has 5 nitrogen and oxygen atoms in total. The van der Waals surface area contributed by atoms with Gasteiger partial charge in [-0.25, -0.2) is 0 Å². The van der Waals surface area contributed by atoms with Gasteiger partial charge in [0.05, 0.1) is 5.69 Å². The van der Waals surface area contributed by atoms with E-state index in [0.29, 0.717) is 19.6 Å². The van der Waals surface area contributed by atoms with Crippen LogP contribution in [0.15, 0.2) is 65.9 Å². The monoisotopic (exact) mass is 440 g/mol. The van der Waals surface area contributed by atoms with Crippen molar-refractivity contribution in [1.82, 2.24) is 19.9 Å². The summed E-state index contributed by atoms with van der Waals surface area (Å²) in [6.45, 7) is 9.06. The normalized spacial score (nSPS) is 17.2. The number of unbranched alkanes of at least 4 members (excludes halogenated alkanes) is 1. The van der Waals surface area contributed by atoms with Crippen molar-refractivity contribution in [2.24, 2.45) is 0 Å². The lowest BCUT2D eigenvalue weighted by molar-refractivity contribution is -0.113. The highest BCUT2D eigenvalue weighted by Crippen LogP contribution is 2.23. The number of aryl methyl sites for hydroxylation is 3. The molecule has 5 heteroatoms. The second kappa shape index (κ2) is 10.5. The molecule has 1 aromatic heterocycles. The summed E-state index contributed by atoms with van der Waals surface area (Å²) in [7, 11) is 0. The van der Waals surface area contributed by atoms with Crippen LogP contribution in [0.1, 0.15) is 47.7 Å². The second-order valence-corrected chi connectivity index (χ2v) is 8.96. The average Bonchev–Trinajstić information content (AvgIpc) is 3.25. The first kappa shape index (κ1) is 22.9. The SMILES string of the molecule is CCCCn1cc(CN2CC(=Cc3ccc(C)cc3)C(=O)C(=Cc3ccc(C)cc3)C2)nn1. The smallest absolute Gasteiger partial charge is 0.187 e. The molecule has 2 aromatic carbocycles. The minimum absolute atomic E-state index is 0.124. The number of carbonyl (C=O) groups is 1. The summed E-state index contributed by atoms with van der Waals surface area (Å²) in [5.41, 5.74) is 7.06. The highest BCUT2D eigenvalue weighted by Gasteiger charge is 2.26. The lowest BCUT2D eigenvalue weighted by Gasteiger charge is -2.29. The Morgan fingerprint density at radius 2 is 1.42 bits per heavy atom. The van der Waals surface area contributed by atoms with Gasteiger partial charge in [-0.2, -0.15) is 0 Å². The standard InChI is InChI=1S/C28H32N4O/c1-4-5-14-32-20-27(29-30-32)19-31-17-25(15-23-10-6-21(2)7-11-23)28(33)26(18-31)16-24-12-8-22(3)9-13-24/h6-13,15-16,20H,4-5,14,17-19H2,1-3H3. The first-order chi connectivity index (χ1) is 16.0. The molecule has 4 rings (SSSR count). The van der Waals surface area contributed by atoms with Crippen LogP contribution in [0.5, 0.6) is 0 Å². The predicted octanol–water partition coefficient (Wildman–Crippen LogP) is 5.25. The molecule has 0 radical (unpaired) electrons. The van der Waals surface area contributed by atoms with Crippen molar-refractivity contribution in [3.8, 4) is 0 Å². The molecular formula is C28H32N4O. The lowest BCUT2D eigenvalue weighted by Crippen LogP contribution is -2.37. The maximum atomic E-state index is 13.4. The number of aromatic nitrogens is 3. The second-order valence-electron chi connectivity index (χ2n) is 8.96. The number of hydrogen-bond acceptors (Lipinski definition) is 4. The van der Waals surface area contributed by atoms with E-state index in [1.807, 2.05) is 23.0 Å². The number of hydrogen-bond donors (Lipinski definition) is 0. The van der Waals surface area contributed by atoms with E-state index < -0.39 is 0 Å². The summed E-state index contributed by atoms with van der Waals surface area (Å²) in [5.74, 6) is 0.124. The molecule has 1 saturated heterocycles. The van der Waals surface area contributed by atoms with Gasteiger partial charge in [0, 0.05) is 43.5 Å². The zero-order chi connectivity index (χ0) is 23.2. The number of piperidine rings is 1. The van der Waals surface area contributed by atoms with E-state index in [1.54, 1.807) is 0 Å². The fourth-order valence-corrected chi connectivity index (χ4v) is 4.02. The van der Waals surface area contributed by atoms with E-state index in [-0.39, 0.29) is 5.78 Å². The van der Waals surface area contributed by atoms with E-state index in [2.05, 4.69) is 84.5 Å². The third-order valence-electron chi connectivity index (χ3n) is 5.92. The van der Waals surface area contributed by atoms with Crippen LogP contribution in [0, 0.1) is 13.8 Å². The Labute approximate surface area is 196 Å². The maximum Gasteiger partial charge on any atom is 0.187 e. The van der Waals surface area contributed by atoms with Crippen LogP contribution >= 0.6 is 0 Å². The topological polar surface area (TPSA) is 51.0 Å². The van der Waals surface area contributed by atoms with E-state index >= 15 is 0 Å². The molecule has 170 valence electrons. The molecule has 0 bridgehead atoms. The number of benzene rings is 2. The first-order valence-electron chi connectivity index (χ1n) is 11.7. The Kier molecular flexibility index (Phi) is 7.30. The van der Waals surface area contributed by atoms with E-state index in [9.17, 15) is 4.79 Å². The van der Waals surface area contributed by atoms with Crippen LogP contribution in [0.4, 0.5) is 0 Å². The molecule has 33 heavy (non-hydrogen) atoms. The van der Waals surface area contributed by atoms with Gasteiger partial charge in [-0.3, -0.25) is 14.4 Å². The summed E-state index contributed by atoms with van der Waals surface area (Å²) < 4.78 is 1.92. The Bertz CT molecular complexity index is 1090. The van der Waals surface area contributed by atoms with E-state index in [4.69, 9.17) is 0 Å². The van der Waals surface area contributed by atoms with Crippen molar-refractivity contribution < 1.29 is 4.79 Å². The fraction of sp³-hybridized carbons (Fsp3) is 0.321. The van der Waals surface area contributed by atoms with Gasteiger partial charge in [-0.15, -0.1) is 5.10 Å². The van der Waals surface area contributed by atoms with Gasteiger partial charge in [-0.1, -0.05) is 78.2 Å². The number of carbonyl (C=O) groups excluding carboxylic acids is 1. The van der Waals surface area contributed by atoms with Gasteiger partial charge in [0.15, 0.2) is 5.78 Å². The summed E-state index contributed by atoms with van der Waals surface area (Å²) in [6, 6.07) is 16.6. The van der Waals surface area contributed by atoms with Gasteiger partial charge < -0.3 is 0 Å². The van der Waals surface area contributed by atoms with Crippen LogP contribution < -0.4 is 0 Å². The average molecular weight is 441 g/mol. The molecule has 0 amide bonds. The molecular weight excluding hydrogens is 408 g/mol. The van der Waals surface area contributed by atoms with Gasteiger partial charge in [0.25, 0.3) is 0 Å². The van der Waals surface area contributed by atoms with Crippen LogP contribution in [-0.4, -0.2) is 38.8 Å². The summed E-state index contributed by atoms with van der Waals surface area (Å²) >= 11 is 0. The lowest BCUT2D eigenvalue weighted by atomic mass is 9.94. The summed E-state index contributed by atoms with van der Waals surface area (Å²) in [5, 5.41) is 8.64. The molecule has 0 N–H and O–H groups in total. The maximum absolute atomic E-state index is 13.4. The largest absolute Gasteiger partial charge is 0.289 e. The van der Waals surface area contributed by atoms with Gasteiger partial charge in [0.2, 0.25) is 0 Å². The Hall–Kier alpha value is -3.31. The molecule has 1 aliphatic rings. The van der Waals surface area contributed by atoms with Crippen molar-refractivity contribution in [2.75, 3.05) is 13.1 Å². The predicted molar refractivity (Wildman–Crippen MR) is 134 cm³/mol. The van der Waals surface area contributed by atoms with Crippen molar-refractivity contribution >= 4 is 17.9 Å². The van der Waals surface area contributed by atoms with Crippen molar-refractivity contribution in [2.45, 2.75) is 46.7 Å². The van der Waals surface area contributed by atoms with Gasteiger partial charge in [0.1, 0.15) is 0 Å². The van der Waals surface area contributed by atoms with Gasteiger partial charge in [-0.05, 0) is 43.5 Å². The third-order valence-corrected chi connectivity index (χ3v) is 5.92. The Balaban J connectivity index is 1.61. The minimum atomic E-state index is 0.124. The van der Waals surface area contributed by atoms with Crippen LogP contribution in [0.25, 0.3) is 12.2 Å². The van der Waals surface area contributed by atoms with E-state index in [0.717, 1.165) is 47.4 Å². The van der Waals surface area contributed by atoms with Crippen LogP contribution in [0.2, 0.25) is 0 Å². The molecule has 0 spiro atoms. The molecule has 0 atom stereocenters. The number of ketones is 1.